The first kappa shape index (κ1) is 8.72. The average Bonchev–Trinajstić information content (AvgIpc) is 2.87. The van der Waals surface area contributed by atoms with Gasteiger partial charge in [-0.3, -0.25) is 0 Å². The third-order valence-electron chi connectivity index (χ3n) is 3.38. The molecule has 0 radical (unpaired) electrons. The van der Waals surface area contributed by atoms with E-state index >= 15 is 0 Å². The summed E-state index contributed by atoms with van der Waals surface area (Å²) in [5, 5.41) is 0. The highest BCUT2D eigenvalue weighted by Crippen LogP contribution is 2.41. The third kappa shape index (κ3) is 1.29. The zero-order valence-electron chi connectivity index (χ0n) is 8.90. The second-order valence-electron chi connectivity index (χ2n) is 4.27. The molecule has 74 valence electrons. The fraction of sp³-hybridized carbons (Fsp3) is 0.200. The van der Waals surface area contributed by atoms with Gasteiger partial charge in [-0.25, -0.2) is 0 Å². The van der Waals surface area contributed by atoms with Crippen molar-refractivity contribution in [2.45, 2.75) is 19.3 Å². The maximum Gasteiger partial charge on any atom is 0.00699 e. The molecular formula is C15H14. The Morgan fingerprint density at radius 3 is 2.80 bits per heavy atom. The molecule has 1 aromatic rings. The summed E-state index contributed by atoms with van der Waals surface area (Å²) in [7, 11) is 0. The molecule has 0 N–H and O–H groups in total. The number of hydrogen-bond acceptors (Lipinski definition) is 0. The first-order valence-corrected chi connectivity index (χ1v) is 5.53. The van der Waals surface area contributed by atoms with Crippen LogP contribution in [0, 0.1) is 0 Å². The maximum absolute atomic E-state index is 2.35. The molecule has 0 heteroatoms. The minimum atomic E-state index is 0.562. The van der Waals surface area contributed by atoms with Crippen LogP contribution in [0.4, 0.5) is 0 Å². The monoisotopic (exact) mass is 194 g/mol. The fourth-order valence-corrected chi connectivity index (χ4v) is 2.53. The molecule has 0 spiro atoms. The first-order chi connectivity index (χ1) is 7.36. The molecule has 1 aromatic carbocycles. The Kier molecular flexibility index (Phi) is 1.88. The Morgan fingerprint density at radius 1 is 1.20 bits per heavy atom. The van der Waals surface area contributed by atoms with Gasteiger partial charge < -0.3 is 0 Å². The molecule has 2 aliphatic rings. The highest BCUT2D eigenvalue weighted by molar-refractivity contribution is 5.71. The second-order valence-corrected chi connectivity index (χ2v) is 4.27. The molecule has 2 aliphatic carbocycles. The van der Waals surface area contributed by atoms with Gasteiger partial charge in [-0.1, -0.05) is 55.5 Å². The third-order valence-corrected chi connectivity index (χ3v) is 3.38. The molecule has 0 aliphatic heterocycles. The van der Waals surface area contributed by atoms with Crippen LogP contribution >= 0.6 is 0 Å². The lowest BCUT2D eigenvalue weighted by atomic mass is 9.92. The lowest BCUT2D eigenvalue weighted by Crippen LogP contribution is -1.94. The lowest BCUT2D eigenvalue weighted by molar-refractivity contribution is 0.921. The summed E-state index contributed by atoms with van der Waals surface area (Å²) in [5.41, 5.74) is 5.85. The molecule has 0 aromatic heterocycles. The molecule has 1 atom stereocenters. The zero-order valence-corrected chi connectivity index (χ0v) is 8.90. The summed E-state index contributed by atoms with van der Waals surface area (Å²) in [6.45, 7) is 2.30. The number of fused-ring (bicyclic) bond motifs is 1. The Bertz CT molecular complexity index is 487. The van der Waals surface area contributed by atoms with Crippen molar-refractivity contribution in [2.24, 2.45) is 0 Å². The van der Waals surface area contributed by atoms with E-state index in [0.717, 1.165) is 6.42 Å². The highest BCUT2D eigenvalue weighted by Gasteiger charge is 2.22. The highest BCUT2D eigenvalue weighted by atomic mass is 14.3. The van der Waals surface area contributed by atoms with Gasteiger partial charge in [0.1, 0.15) is 0 Å². The summed E-state index contributed by atoms with van der Waals surface area (Å²) >= 11 is 0. The van der Waals surface area contributed by atoms with Crippen LogP contribution in [-0.2, 0) is 0 Å². The largest absolute Gasteiger partial charge is 0.0801 e. The summed E-state index contributed by atoms with van der Waals surface area (Å²) in [6, 6.07) is 8.70. The molecule has 15 heavy (non-hydrogen) atoms. The Morgan fingerprint density at radius 2 is 2.07 bits per heavy atom. The molecule has 0 saturated carbocycles. The molecule has 3 rings (SSSR count). The van der Waals surface area contributed by atoms with Gasteiger partial charge in [-0.15, -0.1) is 0 Å². The van der Waals surface area contributed by atoms with E-state index in [1.54, 1.807) is 0 Å². The molecule has 0 bridgehead atoms. The van der Waals surface area contributed by atoms with Crippen LogP contribution in [0.2, 0.25) is 0 Å². The lowest BCUT2D eigenvalue weighted by Gasteiger charge is -2.11. The molecule has 0 nitrogen and oxygen atoms in total. The van der Waals surface area contributed by atoms with E-state index in [1.165, 1.54) is 22.3 Å². The van der Waals surface area contributed by atoms with Crippen molar-refractivity contribution in [3.8, 4) is 0 Å². The van der Waals surface area contributed by atoms with E-state index in [0.29, 0.717) is 5.92 Å². The zero-order chi connectivity index (χ0) is 10.3. The van der Waals surface area contributed by atoms with Gasteiger partial charge in [-0.05, 0) is 28.7 Å². The summed E-state index contributed by atoms with van der Waals surface area (Å²) in [4.78, 5) is 0. The quantitative estimate of drug-likeness (QED) is 0.632. The van der Waals surface area contributed by atoms with Crippen molar-refractivity contribution in [3.63, 3.8) is 0 Å². The molecule has 0 fully saturated rings. The topological polar surface area (TPSA) is 0 Å². The van der Waals surface area contributed by atoms with Crippen LogP contribution in [0.5, 0.6) is 0 Å². The van der Waals surface area contributed by atoms with Crippen molar-refractivity contribution < 1.29 is 0 Å². The van der Waals surface area contributed by atoms with Crippen LogP contribution in [0.25, 0.3) is 6.08 Å². The Labute approximate surface area is 90.6 Å². The van der Waals surface area contributed by atoms with E-state index in [9.17, 15) is 0 Å². The minimum absolute atomic E-state index is 0.562. The van der Waals surface area contributed by atoms with E-state index in [4.69, 9.17) is 0 Å². The van der Waals surface area contributed by atoms with E-state index in [1.807, 2.05) is 0 Å². The minimum Gasteiger partial charge on any atom is -0.0801 e. The van der Waals surface area contributed by atoms with E-state index in [-0.39, 0.29) is 0 Å². The van der Waals surface area contributed by atoms with Crippen molar-refractivity contribution in [1.82, 2.24) is 0 Å². The number of hydrogen-bond donors (Lipinski definition) is 0. The van der Waals surface area contributed by atoms with Crippen LogP contribution in [0.15, 0.2) is 53.6 Å². The van der Waals surface area contributed by atoms with Gasteiger partial charge in [0.2, 0.25) is 0 Å². The average molecular weight is 194 g/mol. The van der Waals surface area contributed by atoms with Crippen LogP contribution in [0.1, 0.15) is 30.4 Å². The van der Waals surface area contributed by atoms with Crippen molar-refractivity contribution in [2.75, 3.05) is 0 Å². The number of allylic oxidation sites excluding steroid dienone is 5. The molecular weight excluding hydrogens is 180 g/mol. The van der Waals surface area contributed by atoms with Crippen molar-refractivity contribution >= 4 is 6.08 Å². The first-order valence-electron chi connectivity index (χ1n) is 5.53. The van der Waals surface area contributed by atoms with Crippen LogP contribution < -0.4 is 0 Å². The molecule has 0 heterocycles. The van der Waals surface area contributed by atoms with Gasteiger partial charge >= 0.3 is 0 Å². The van der Waals surface area contributed by atoms with Gasteiger partial charge in [0.15, 0.2) is 0 Å². The predicted molar refractivity (Wildman–Crippen MR) is 64.7 cm³/mol. The van der Waals surface area contributed by atoms with E-state index in [2.05, 4.69) is 55.5 Å². The van der Waals surface area contributed by atoms with Crippen molar-refractivity contribution in [3.05, 3.63) is 64.8 Å². The van der Waals surface area contributed by atoms with Gasteiger partial charge in [0.25, 0.3) is 0 Å². The maximum atomic E-state index is 2.35. The standard InChI is InChI=1S/C15H14/c1-11-14-9-5-4-8-13(14)10-15(11)12-6-2-3-7-12/h2-6,8-11H,7H2,1H3. The van der Waals surface area contributed by atoms with Crippen molar-refractivity contribution in [1.29, 1.82) is 0 Å². The number of rotatable bonds is 1. The summed E-state index contributed by atoms with van der Waals surface area (Å²) in [6.07, 6.45) is 10.1. The second kappa shape index (κ2) is 3.23. The molecule has 0 amide bonds. The van der Waals surface area contributed by atoms with Gasteiger partial charge in [0, 0.05) is 5.92 Å². The summed E-state index contributed by atoms with van der Waals surface area (Å²) < 4.78 is 0. The Hall–Kier alpha value is -1.56. The van der Waals surface area contributed by atoms with E-state index < -0.39 is 0 Å². The number of benzene rings is 1. The predicted octanol–water partition coefficient (Wildman–Crippen LogP) is 4.07. The fourth-order valence-electron chi connectivity index (χ4n) is 2.53. The van der Waals surface area contributed by atoms with Crippen LogP contribution in [-0.4, -0.2) is 0 Å². The molecule has 0 saturated heterocycles. The SMILES string of the molecule is CC1C(C2=CC=CC2)=Cc2ccccc21. The smallest absolute Gasteiger partial charge is 0.00699 e. The molecule has 1 unspecified atom stereocenters. The van der Waals surface area contributed by atoms with Crippen LogP contribution in [0.3, 0.4) is 0 Å². The normalized spacial score (nSPS) is 22.6. The van der Waals surface area contributed by atoms with Gasteiger partial charge in [-0.2, -0.15) is 0 Å². The Balaban J connectivity index is 2.03. The van der Waals surface area contributed by atoms with Gasteiger partial charge in [0.05, 0.1) is 0 Å². The summed E-state index contributed by atoms with van der Waals surface area (Å²) in [5.74, 6) is 0.562.